The van der Waals surface area contributed by atoms with Gasteiger partial charge in [0.15, 0.2) is 0 Å². The average molecular weight is 224 g/mol. The van der Waals surface area contributed by atoms with Crippen LogP contribution in [0.5, 0.6) is 0 Å². The van der Waals surface area contributed by atoms with Gasteiger partial charge in [-0.3, -0.25) is 0 Å². The maximum absolute atomic E-state index is 4.10. The molecule has 1 aliphatic rings. The third-order valence-corrected chi connectivity index (χ3v) is 3.54. The summed E-state index contributed by atoms with van der Waals surface area (Å²) in [6, 6.07) is 0. The van der Waals surface area contributed by atoms with Crippen molar-refractivity contribution in [3.63, 3.8) is 0 Å². The maximum Gasteiger partial charge on any atom is -0.00592 e. The highest BCUT2D eigenvalue weighted by Crippen LogP contribution is 2.45. The minimum absolute atomic E-state index is 0.333. The summed E-state index contributed by atoms with van der Waals surface area (Å²) in [5.41, 5.74) is 1.66. The Hall–Kier alpha value is -0.520. The Labute approximate surface area is 104 Å². The molecular formula is C16H32. The first-order valence-electron chi connectivity index (χ1n) is 6.90. The molecule has 96 valence electrons. The van der Waals surface area contributed by atoms with Crippen molar-refractivity contribution in [3.8, 4) is 0 Å². The van der Waals surface area contributed by atoms with Crippen LogP contribution in [-0.2, 0) is 0 Å². The molecule has 0 spiro atoms. The minimum atomic E-state index is 0.333. The zero-order chi connectivity index (χ0) is 13.2. The van der Waals surface area contributed by atoms with Crippen LogP contribution in [0.2, 0.25) is 0 Å². The highest BCUT2D eigenvalue weighted by Gasteiger charge is 2.34. The number of hydrogen-bond donors (Lipinski definition) is 0. The van der Waals surface area contributed by atoms with Crippen molar-refractivity contribution in [3.05, 3.63) is 24.8 Å². The molecule has 0 saturated heterocycles. The van der Waals surface area contributed by atoms with Gasteiger partial charge in [0, 0.05) is 0 Å². The second kappa shape index (κ2) is 9.69. The van der Waals surface area contributed by atoms with E-state index in [0.717, 1.165) is 0 Å². The molecule has 0 aromatic rings. The van der Waals surface area contributed by atoms with Crippen molar-refractivity contribution in [2.75, 3.05) is 0 Å². The smallest absolute Gasteiger partial charge is 0.00592 e. The van der Waals surface area contributed by atoms with Crippen LogP contribution in [0.15, 0.2) is 24.8 Å². The predicted octanol–water partition coefficient (Wildman–Crippen LogP) is 6.00. The molecule has 0 aromatic carbocycles. The van der Waals surface area contributed by atoms with Crippen molar-refractivity contribution in [2.24, 2.45) is 11.3 Å². The van der Waals surface area contributed by atoms with Gasteiger partial charge in [0.05, 0.1) is 0 Å². The lowest BCUT2D eigenvalue weighted by molar-refractivity contribution is 0.199. The minimum Gasteiger partial charge on any atom is -0.103 e. The lowest BCUT2D eigenvalue weighted by atomic mass is 9.64. The third-order valence-electron chi connectivity index (χ3n) is 3.54. The molecule has 16 heavy (non-hydrogen) atoms. The van der Waals surface area contributed by atoms with E-state index >= 15 is 0 Å². The van der Waals surface area contributed by atoms with E-state index in [4.69, 9.17) is 0 Å². The molecule has 0 radical (unpaired) electrons. The van der Waals surface area contributed by atoms with Crippen LogP contribution in [0.4, 0.5) is 0 Å². The van der Waals surface area contributed by atoms with Gasteiger partial charge >= 0.3 is 0 Å². The molecule has 0 heterocycles. The fourth-order valence-corrected chi connectivity index (χ4v) is 2.27. The summed E-state index contributed by atoms with van der Waals surface area (Å²) < 4.78 is 0. The van der Waals surface area contributed by atoms with Gasteiger partial charge in [0.2, 0.25) is 0 Å². The summed E-state index contributed by atoms with van der Waals surface area (Å²) in [5.74, 6) is 0.656. The highest BCUT2D eigenvalue weighted by molar-refractivity contribution is 5.12. The molecule has 0 aromatic heterocycles. The van der Waals surface area contributed by atoms with Crippen LogP contribution < -0.4 is 0 Å². The quantitative estimate of drug-likeness (QED) is 0.505. The molecule has 0 nitrogen and oxygen atoms in total. The summed E-state index contributed by atoms with van der Waals surface area (Å²) >= 11 is 0. The van der Waals surface area contributed by atoms with Gasteiger partial charge in [-0.15, -0.1) is 6.58 Å². The van der Waals surface area contributed by atoms with E-state index in [1.807, 2.05) is 27.7 Å². The standard InChI is InChI=1S/C12H20.2C2H6/c1-5-11-8-6-7-9-12(11,4)10(2)3;2*1-2/h5,11H,1-2,6-9H2,3-4H3;2*1-2H3. The van der Waals surface area contributed by atoms with Gasteiger partial charge in [0.1, 0.15) is 0 Å². The number of rotatable bonds is 2. The lowest BCUT2D eigenvalue weighted by Crippen LogP contribution is -2.30. The zero-order valence-electron chi connectivity index (χ0n) is 12.4. The van der Waals surface area contributed by atoms with Crippen LogP contribution in [0.1, 0.15) is 67.2 Å². The number of allylic oxidation sites excluding steroid dienone is 2. The largest absolute Gasteiger partial charge is 0.103 e. The Kier molecular flexibility index (Phi) is 10.8. The molecule has 0 amide bonds. The van der Waals surface area contributed by atoms with Crippen molar-refractivity contribution in [1.29, 1.82) is 0 Å². The van der Waals surface area contributed by atoms with Crippen molar-refractivity contribution in [1.82, 2.24) is 0 Å². The van der Waals surface area contributed by atoms with E-state index in [0.29, 0.717) is 11.3 Å². The molecule has 2 atom stereocenters. The van der Waals surface area contributed by atoms with Crippen LogP contribution in [0, 0.1) is 11.3 Å². The summed E-state index contributed by atoms with van der Waals surface area (Å²) in [4.78, 5) is 0. The van der Waals surface area contributed by atoms with Gasteiger partial charge in [0.25, 0.3) is 0 Å². The Bertz CT molecular complexity index is 190. The lowest BCUT2D eigenvalue weighted by Gasteiger charge is -2.40. The van der Waals surface area contributed by atoms with Gasteiger partial charge in [-0.1, -0.05) is 65.7 Å². The molecule has 0 heteroatoms. The predicted molar refractivity (Wildman–Crippen MR) is 77.8 cm³/mol. The second-order valence-electron chi connectivity index (χ2n) is 4.29. The molecule has 2 unspecified atom stereocenters. The van der Waals surface area contributed by atoms with Crippen molar-refractivity contribution in [2.45, 2.75) is 67.2 Å². The third kappa shape index (κ3) is 4.55. The normalized spacial score (nSPS) is 27.8. The number of hydrogen-bond acceptors (Lipinski definition) is 0. The SMILES string of the molecule is C=CC1CCCCC1(C)C(=C)C.CC.CC. The monoisotopic (exact) mass is 224 g/mol. The van der Waals surface area contributed by atoms with E-state index < -0.39 is 0 Å². The van der Waals surface area contributed by atoms with E-state index in [1.54, 1.807) is 0 Å². The summed E-state index contributed by atoms with van der Waals surface area (Å²) in [5, 5.41) is 0. The van der Waals surface area contributed by atoms with E-state index in [9.17, 15) is 0 Å². The molecular weight excluding hydrogens is 192 g/mol. The van der Waals surface area contributed by atoms with E-state index in [2.05, 4.69) is 33.1 Å². The van der Waals surface area contributed by atoms with Crippen molar-refractivity contribution >= 4 is 0 Å². The molecule has 1 aliphatic carbocycles. The Morgan fingerprint density at radius 2 is 1.69 bits per heavy atom. The summed E-state index contributed by atoms with van der Waals surface area (Å²) in [6.45, 7) is 20.5. The molecule has 1 saturated carbocycles. The van der Waals surface area contributed by atoms with Gasteiger partial charge in [-0.05, 0) is 31.1 Å². The molecule has 1 fully saturated rings. The summed E-state index contributed by atoms with van der Waals surface area (Å²) in [6.07, 6.45) is 7.42. The molecule has 0 aliphatic heterocycles. The fraction of sp³-hybridized carbons (Fsp3) is 0.750. The van der Waals surface area contributed by atoms with E-state index in [1.165, 1.54) is 31.3 Å². The first-order valence-corrected chi connectivity index (χ1v) is 6.90. The fourth-order valence-electron chi connectivity index (χ4n) is 2.27. The Balaban J connectivity index is 0. The Morgan fingerprint density at radius 3 is 2.00 bits per heavy atom. The average Bonchev–Trinajstić information content (AvgIpc) is 2.34. The summed E-state index contributed by atoms with van der Waals surface area (Å²) in [7, 11) is 0. The Morgan fingerprint density at radius 1 is 1.19 bits per heavy atom. The van der Waals surface area contributed by atoms with Gasteiger partial charge in [-0.25, -0.2) is 0 Å². The topological polar surface area (TPSA) is 0 Å². The first kappa shape index (κ1) is 17.9. The van der Waals surface area contributed by atoms with Crippen LogP contribution in [0.3, 0.4) is 0 Å². The van der Waals surface area contributed by atoms with Gasteiger partial charge in [-0.2, -0.15) is 0 Å². The van der Waals surface area contributed by atoms with Crippen molar-refractivity contribution < 1.29 is 0 Å². The second-order valence-corrected chi connectivity index (χ2v) is 4.29. The van der Waals surface area contributed by atoms with Crippen LogP contribution >= 0.6 is 0 Å². The van der Waals surface area contributed by atoms with Crippen LogP contribution in [-0.4, -0.2) is 0 Å². The molecule has 0 bridgehead atoms. The zero-order valence-corrected chi connectivity index (χ0v) is 12.4. The molecule has 1 rings (SSSR count). The molecule has 0 N–H and O–H groups in total. The van der Waals surface area contributed by atoms with Gasteiger partial charge < -0.3 is 0 Å². The van der Waals surface area contributed by atoms with Crippen LogP contribution in [0.25, 0.3) is 0 Å². The highest BCUT2D eigenvalue weighted by atomic mass is 14.4. The van der Waals surface area contributed by atoms with E-state index in [-0.39, 0.29) is 0 Å². The maximum atomic E-state index is 4.10. The first-order chi connectivity index (χ1) is 7.61.